The van der Waals surface area contributed by atoms with Crippen LogP contribution in [0.15, 0.2) is 18.2 Å². The lowest BCUT2D eigenvalue weighted by Crippen LogP contribution is -2.34. The molecule has 1 aromatic rings. The second kappa shape index (κ2) is 5.72. The molecule has 0 saturated heterocycles. The van der Waals surface area contributed by atoms with Gasteiger partial charge in [0.2, 0.25) is 0 Å². The van der Waals surface area contributed by atoms with Crippen molar-refractivity contribution < 1.29 is 19.2 Å². The van der Waals surface area contributed by atoms with Crippen LogP contribution in [-0.2, 0) is 0 Å². The van der Waals surface area contributed by atoms with Gasteiger partial charge in [0.25, 0.3) is 0 Å². The molecule has 1 fully saturated rings. The Kier molecular flexibility index (Phi) is 4.25. The first-order chi connectivity index (χ1) is 8.56. The molecule has 1 aromatic carbocycles. The minimum absolute atomic E-state index is 0.0872. The van der Waals surface area contributed by atoms with E-state index < -0.39 is 12.9 Å². The van der Waals surface area contributed by atoms with E-state index in [9.17, 15) is 14.4 Å². The predicted octanol–water partition coefficient (Wildman–Crippen LogP) is 1.46. The molecule has 3 nitrogen and oxygen atoms in total. The molecule has 5 heteroatoms. The van der Waals surface area contributed by atoms with Crippen LogP contribution in [0.3, 0.4) is 0 Å². The van der Waals surface area contributed by atoms with Crippen molar-refractivity contribution in [2.45, 2.75) is 38.7 Å². The smallest absolute Gasteiger partial charge is 0.491 e. The molecule has 0 aliphatic heterocycles. The molecule has 0 amide bonds. The number of ether oxygens (including phenoxy) is 1. The van der Waals surface area contributed by atoms with Crippen molar-refractivity contribution in [2.24, 2.45) is 5.92 Å². The first-order valence-electron chi connectivity index (χ1n) is 6.38. The Morgan fingerprint density at radius 2 is 1.89 bits per heavy atom. The molecule has 1 aliphatic carbocycles. The van der Waals surface area contributed by atoms with Gasteiger partial charge in [0.05, 0.1) is 6.10 Å². The Labute approximate surface area is 107 Å². The number of hydrogen-bond acceptors (Lipinski definition) is 3. The minimum Gasteiger partial charge on any atom is -0.491 e. The summed E-state index contributed by atoms with van der Waals surface area (Å²) in [6.07, 6.45) is 4.23. The zero-order valence-corrected chi connectivity index (χ0v) is 10.5. The highest BCUT2D eigenvalue weighted by molar-refractivity contribution is 6.59. The van der Waals surface area contributed by atoms with E-state index in [0.717, 1.165) is 37.7 Å². The molecule has 2 N–H and O–H groups in total. The molecule has 98 valence electrons. The van der Waals surface area contributed by atoms with Gasteiger partial charge in [-0.15, -0.1) is 0 Å². The van der Waals surface area contributed by atoms with E-state index in [0.29, 0.717) is 5.75 Å². The van der Waals surface area contributed by atoms with Gasteiger partial charge in [0.1, 0.15) is 11.6 Å². The highest BCUT2D eigenvalue weighted by atomic mass is 19.1. The minimum atomic E-state index is -1.71. The van der Waals surface area contributed by atoms with Crippen LogP contribution in [0.5, 0.6) is 5.75 Å². The lowest BCUT2D eigenvalue weighted by atomic mass is 9.79. The van der Waals surface area contributed by atoms with Crippen LogP contribution in [0, 0.1) is 11.7 Å². The van der Waals surface area contributed by atoms with Crippen molar-refractivity contribution in [1.82, 2.24) is 0 Å². The summed E-state index contributed by atoms with van der Waals surface area (Å²) in [7, 11) is -1.71. The molecule has 0 radical (unpaired) electrons. The molecule has 18 heavy (non-hydrogen) atoms. The quantitative estimate of drug-likeness (QED) is 0.801. The number of hydrogen-bond donors (Lipinski definition) is 2. The molecule has 2 rings (SSSR count). The van der Waals surface area contributed by atoms with Gasteiger partial charge in [-0.25, -0.2) is 4.39 Å². The van der Waals surface area contributed by atoms with Crippen molar-refractivity contribution >= 4 is 12.6 Å². The van der Waals surface area contributed by atoms with Gasteiger partial charge in [-0.1, -0.05) is 6.92 Å². The molecule has 0 heterocycles. The summed E-state index contributed by atoms with van der Waals surface area (Å²) in [5.41, 5.74) is 0.0913. The van der Waals surface area contributed by atoms with E-state index >= 15 is 0 Å². The maximum atomic E-state index is 13.1. The zero-order chi connectivity index (χ0) is 13.1. The Balaban J connectivity index is 2.09. The second-order valence-corrected chi connectivity index (χ2v) is 5.06. The molecular formula is C13H18BFO3. The average Bonchev–Trinajstić information content (AvgIpc) is 2.34. The highest BCUT2D eigenvalue weighted by Gasteiger charge is 2.23. The number of benzene rings is 1. The third-order valence-corrected chi connectivity index (χ3v) is 3.51. The summed E-state index contributed by atoms with van der Waals surface area (Å²) < 4.78 is 18.8. The zero-order valence-electron chi connectivity index (χ0n) is 10.5. The third kappa shape index (κ3) is 3.24. The Hall–Kier alpha value is -1.07. The molecule has 0 aromatic heterocycles. The maximum absolute atomic E-state index is 13.1. The van der Waals surface area contributed by atoms with E-state index in [4.69, 9.17) is 4.74 Å². The maximum Gasteiger partial charge on any atom is 0.492 e. The fourth-order valence-electron chi connectivity index (χ4n) is 2.36. The molecule has 1 saturated carbocycles. The van der Waals surface area contributed by atoms with Gasteiger partial charge >= 0.3 is 7.12 Å². The van der Waals surface area contributed by atoms with Crippen molar-refractivity contribution in [1.29, 1.82) is 0 Å². The second-order valence-electron chi connectivity index (χ2n) is 5.06. The predicted molar refractivity (Wildman–Crippen MR) is 68.3 cm³/mol. The largest absolute Gasteiger partial charge is 0.492 e. The molecule has 0 bridgehead atoms. The fourth-order valence-corrected chi connectivity index (χ4v) is 2.36. The van der Waals surface area contributed by atoms with E-state index in [1.54, 1.807) is 0 Å². The van der Waals surface area contributed by atoms with Crippen molar-refractivity contribution in [3.8, 4) is 5.75 Å². The molecular weight excluding hydrogens is 234 g/mol. The normalized spacial score (nSPS) is 23.8. The number of halogens is 1. The topological polar surface area (TPSA) is 49.7 Å². The monoisotopic (exact) mass is 252 g/mol. The van der Waals surface area contributed by atoms with E-state index in [1.807, 2.05) is 0 Å². The third-order valence-electron chi connectivity index (χ3n) is 3.51. The molecule has 0 atom stereocenters. The first kappa shape index (κ1) is 13.4. The van der Waals surface area contributed by atoms with Gasteiger partial charge in [-0.2, -0.15) is 0 Å². The summed E-state index contributed by atoms with van der Waals surface area (Å²) in [4.78, 5) is 0. The van der Waals surface area contributed by atoms with Crippen LogP contribution in [0.1, 0.15) is 32.6 Å². The summed E-state index contributed by atoms with van der Waals surface area (Å²) in [5, 5.41) is 18.4. The van der Waals surface area contributed by atoms with Crippen molar-refractivity contribution in [2.75, 3.05) is 0 Å². The van der Waals surface area contributed by atoms with E-state index in [2.05, 4.69) is 6.92 Å². The van der Waals surface area contributed by atoms with Gasteiger partial charge in [0, 0.05) is 5.46 Å². The van der Waals surface area contributed by atoms with E-state index in [1.165, 1.54) is 12.1 Å². The van der Waals surface area contributed by atoms with E-state index in [-0.39, 0.29) is 11.6 Å². The summed E-state index contributed by atoms with van der Waals surface area (Å²) in [6.45, 7) is 2.22. The van der Waals surface area contributed by atoms with Crippen LogP contribution < -0.4 is 10.2 Å². The Morgan fingerprint density at radius 3 is 2.50 bits per heavy atom. The Morgan fingerprint density at radius 1 is 1.22 bits per heavy atom. The average molecular weight is 252 g/mol. The molecule has 0 unspecified atom stereocenters. The summed E-state index contributed by atoms with van der Waals surface area (Å²) >= 11 is 0. The van der Waals surface area contributed by atoms with Crippen LogP contribution in [0.2, 0.25) is 0 Å². The summed E-state index contributed by atoms with van der Waals surface area (Å²) in [5.74, 6) is 0.592. The first-order valence-corrected chi connectivity index (χ1v) is 6.38. The van der Waals surface area contributed by atoms with Crippen LogP contribution in [0.4, 0.5) is 4.39 Å². The lowest BCUT2D eigenvalue weighted by molar-refractivity contribution is 0.136. The van der Waals surface area contributed by atoms with Gasteiger partial charge in [0.15, 0.2) is 0 Å². The van der Waals surface area contributed by atoms with Gasteiger partial charge in [-0.05, 0) is 49.8 Å². The van der Waals surface area contributed by atoms with Crippen LogP contribution >= 0.6 is 0 Å². The van der Waals surface area contributed by atoms with Gasteiger partial charge < -0.3 is 14.8 Å². The molecule has 0 spiro atoms. The highest BCUT2D eigenvalue weighted by Crippen LogP contribution is 2.26. The Bertz CT molecular complexity index is 403. The lowest BCUT2D eigenvalue weighted by Gasteiger charge is -2.27. The van der Waals surface area contributed by atoms with Crippen LogP contribution in [-0.4, -0.2) is 23.3 Å². The van der Waals surface area contributed by atoms with Gasteiger partial charge in [-0.3, -0.25) is 0 Å². The fraction of sp³-hybridized carbons (Fsp3) is 0.538. The summed E-state index contributed by atoms with van der Waals surface area (Å²) in [6, 6.07) is 3.83. The standard InChI is InChI=1S/C13H18BFO3/c1-9-2-5-11(6-3-9)18-13-7-4-10(15)8-12(13)14(16)17/h4,7-9,11,16-17H,2-3,5-6H2,1H3. The van der Waals surface area contributed by atoms with Crippen molar-refractivity contribution in [3.63, 3.8) is 0 Å². The number of rotatable bonds is 3. The molecule has 1 aliphatic rings. The van der Waals surface area contributed by atoms with Crippen LogP contribution in [0.25, 0.3) is 0 Å². The SMILES string of the molecule is CC1CCC(Oc2ccc(F)cc2B(O)O)CC1. The van der Waals surface area contributed by atoms with Crippen molar-refractivity contribution in [3.05, 3.63) is 24.0 Å².